The highest BCUT2D eigenvalue weighted by Gasteiger charge is 2.39. The zero-order valence-corrected chi connectivity index (χ0v) is 22.1. The van der Waals surface area contributed by atoms with Gasteiger partial charge >= 0.3 is 5.97 Å². The lowest BCUT2D eigenvalue weighted by molar-refractivity contribution is -0.154. The smallest absolute Gasteiger partial charge is 0.332 e. The first-order chi connectivity index (χ1) is 18.0. The topological polar surface area (TPSA) is 68.3 Å². The van der Waals surface area contributed by atoms with Crippen molar-refractivity contribution in [1.29, 1.82) is 0 Å². The van der Waals surface area contributed by atoms with Crippen molar-refractivity contribution in [3.8, 4) is 5.75 Å². The molecule has 1 amide bonds. The molecule has 37 heavy (non-hydrogen) atoms. The highest BCUT2D eigenvalue weighted by molar-refractivity contribution is 7.99. The Balaban J connectivity index is 1.60. The average molecular weight is 521 g/mol. The van der Waals surface area contributed by atoms with Gasteiger partial charge < -0.3 is 24.0 Å². The number of hydrogen-bond acceptors (Lipinski definition) is 7. The highest BCUT2D eigenvalue weighted by Crippen LogP contribution is 2.46. The van der Waals surface area contributed by atoms with Crippen LogP contribution in [0.1, 0.15) is 16.4 Å². The number of esters is 1. The van der Waals surface area contributed by atoms with Gasteiger partial charge in [0.2, 0.25) is 0 Å². The van der Waals surface area contributed by atoms with Gasteiger partial charge in [-0.05, 0) is 49.5 Å². The molecule has 8 heteroatoms. The van der Waals surface area contributed by atoms with Crippen LogP contribution < -0.4 is 9.64 Å². The van der Waals surface area contributed by atoms with Crippen molar-refractivity contribution in [2.45, 2.75) is 22.9 Å². The van der Waals surface area contributed by atoms with Gasteiger partial charge in [0.1, 0.15) is 19.0 Å². The standard InChI is InChI=1S/C29H32N2O5S/c1-30(2)17-18-31-24-11-7-8-12-25(24)37-28(22-13-15-23(34-3)16-14-22)27(29(31)33)36-20-26(32)35-19-21-9-5-4-6-10-21/h4-16,27-28H,17-20H2,1-3H3. The first-order valence-corrected chi connectivity index (χ1v) is 13.0. The zero-order valence-electron chi connectivity index (χ0n) is 21.3. The molecule has 2 unspecified atom stereocenters. The summed E-state index contributed by atoms with van der Waals surface area (Å²) in [6.45, 7) is 1.01. The van der Waals surface area contributed by atoms with E-state index in [1.165, 1.54) is 0 Å². The maximum absolute atomic E-state index is 14.0. The minimum Gasteiger partial charge on any atom is -0.497 e. The molecule has 7 nitrogen and oxygen atoms in total. The molecule has 0 fully saturated rings. The van der Waals surface area contributed by atoms with E-state index in [4.69, 9.17) is 14.2 Å². The van der Waals surface area contributed by atoms with Crippen LogP contribution in [0.3, 0.4) is 0 Å². The summed E-state index contributed by atoms with van der Waals surface area (Å²) in [4.78, 5) is 31.4. The monoisotopic (exact) mass is 520 g/mol. The molecule has 2 atom stereocenters. The van der Waals surface area contributed by atoms with Gasteiger partial charge in [0.25, 0.3) is 5.91 Å². The summed E-state index contributed by atoms with van der Waals surface area (Å²) in [7, 11) is 5.56. The Kier molecular flexibility index (Phi) is 9.22. The second-order valence-electron chi connectivity index (χ2n) is 8.95. The van der Waals surface area contributed by atoms with E-state index in [1.54, 1.807) is 23.8 Å². The van der Waals surface area contributed by atoms with E-state index in [-0.39, 0.29) is 24.4 Å². The Morgan fingerprint density at radius 1 is 0.973 bits per heavy atom. The number of methoxy groups -OCH3 is 1. The fourth-order valence-electron chi connectivity index (χ4n) is 4.04. The number of rotatable bonds is 10. The fourth-order valence-corrected chi connectivity index (χ4v) is 5.38. The van der Waals surface area contributed by atoms with Crippen LogP contribution in [0.2, 0.25) is 0 Å². The summed E-state index contributed by atoms with van der Waals surface area (Å²) < 4.78 is 16.8. The number of amides is 1. The van der Waals surface area contributed by atoms with Crippen LogP contribution in [0, 0.1) is 0 Å². The van der Waals surface area contributed by atoms with Gasteiger partial charge in [-0.3, -0.25) is 4.79 Å². The Morgan fingerprint density at radius 3 is 2.38 bits per heavy atom. The van der Waals surface area contributed by atoms with E-state index in [2.05, 4.69) is 0 Å². The normalized spacial score (nSPS) is 17.3. The molecule has 0 radical (unpaired) electrons. The highest BCUT2D eigenvalue weighted by atomic mass is 32.2. The van der Waals surface area contributed by atoms with Crippen molar-refractivity contribution in [3.63, 3.8) is 0 Å². The first-order valence-electron chi connectivity index (χ1n) is 12.1. The van der Waals surface area contributed by atoms with Gasteiger partial charge in [0, 0.05) is 18.0 Å². The molecule has 1 heterocycles. The van der Waals surface area contributed by atoms with Crippen LogP contribution in [0.5, 0.6) is 5.75 Å². The molecular weight excluding hydrogens is 488 g/mol. The van der Waals surface area contributed by atoms with Gasteiger partial charge in [-0.1, -0.05) is 54.6 Å². The third-order valence-electron chi connectivity index (χ3n) is 6.03. The predicted molar refractivity (Wildman–Crippen MR) is 145 cm³/mol. The van der Waals surface area contributed by atoms with Gasteiger partial charge in [0.15, 0.2) is 6.10 Å². The summed E-state index contributed by atoms with van der Waals surface area (Å²) in [5.74, 6) is 0.0244. The molecule has 3 aromatic rings. The molecule has 0 saturated carbocycles. The second kappa shape index (κ2) is 12.8. The zero-order chi connectivity index (χ0) is 26.2. The molecule has 4 rings (SSSR count). The Bertz CT molecular complexity index is 1190. The van der Waals surface area contributed by atoms with Crippen molar-refractivity contribution in [2.75, 3.05) is 45.8 Å². The number of carbonyl (C=O) groups excluding carboxylic acids is 2. The van der Waals surface area contributed by atoms with Crippen LogP contribution in [0.15, 0.2) is 83.8 Å². The van der Waals surface area contributed by atoms with E-state index in [0.29, 0.717) is 13.1 Å². The van der Waals surface area contributed by atoms with Gasteiger partial charge in [-0.25, -0.2) is 4.79 Å². The predicted octanol–water partition coefficient (Wildman–Crippen LogP) is 4.57. The van der Waals surface area contributed by atoms with Crippen LogP contribution in [-0.2, 0) is 25.7 Å². The van der Waals surface area contributed by atoms with Crippen LogP contribution in [0.25, 0.3) is 0 Å². The molecule has 0 bridgehead atoms. The quantitative estimate of drug-likeness (QED) is 0.363. The van der Waals surface area contributed by atoms with Gasteiger partial charge in [-0.2, -0.15) is 0 Å². The second-order valence-corrected chi connectivity index (χ2v) is 10.1. The van der Waals surface area contributed by atoms with E-state index in [9.17, 15) is 9.59 Å². The van der Waals surface area contributed by atoms with Crippen LogP contribution in [0.4, 0.5) is 5.69 Å². The number of thioether (sulfide) groups is 1. The maximum atomic E-state index is 14.0. The number of carbonyl (C=O) groups is 2. The number of ether oxygens (including phenoxy) is 3. The third kappa shape index (κ3) is 6.91. The van der Waals surface area contributed by atoms with Gasteiger partial charge in [0.05, 0.1) is 18.0 Å². The number of benzene rings is 3. The number of nitrogens with zero attached hydrogens (tertiary/aromatic N) is 2. The number of para-hydroxylation sites is 1. The minimum absolute atomic E-state index is 0.151. The van der Waals surface area contributed by atoms with Crippen LogP contribution >= 0.6 is 11.8 Å². The largest absolute Gasteiger partial charge is 0.497 e. The summed E-state index contributed by atoms with van der Waals surface area (Å²) in [6, 6.07) is 24.9. The molecule has 1 aliphatic heterocycles. The molecular formula is C29H32N2O5S. The molecule has 0 aliphatic carbocycles. The third-order valence-corrected chi connectivity index (χ3v) is 7.41. The fraction of sp³-hybridized carbons (Fsp3) is 0.310. The van der Waals surface area contributed by atoms with Crippen molar-refractivity contribution in [2.24, 2.45) is 0 Å². The Labute approximate surface area is 222 Å². The van der Waals surface area contributed by atoms with E-state index in [0.717, 1.165) is 27.5 Å². The molecule has 0 aromatic heterocycles. The molecule has 3 aromatic carbocycles. The first kappa shape index (κ1) is 26.7. The summed E-state index contributed by atoms with van der Waals surface area (Å²) in [6.07, 6.45) is -0.891. The molecule has 0 N–H and O–H groups in total. The molecule has 1 aliphatic rings. The number of likely N-dealkylation sites (N-methyl/N-ethyl adjacent to an activating group) is 1. The summed E-state index contributed by atoms with van der Waals surface area (Å²) in [5, 5.41) is -0.370. The van der Waals surface area contributed by atoms with Crippen molar-refractivity contribution in [3.05, 3.63) is 90.0 Å². The number of fused-ring (bicyclic) bond motifs is 1. The molecule has 0 saturated heterocycles. The van der Waals surface area contributed by atoms with E-state index in [1.807, 2.05) is 97.9 Å². The lowest BCUT2D eigenvalue weighted by atomic mass is 10.1. The van der Waals surface area contributed by atoms with Crippen molar-refractivity contribution < 1.29 is 23.8 Å². The van der Waals surface area contributed by atoms with Crippen LogP contribution in [-0.4, -0.2) is 63.8 Å². The van der Waals surface area contributed by atoms with E-state index < -0.39 is 12.1 Å². The average Bonchev–Trinajstić information content (AvgIpc) is 3.04. The Morgan fingerprint density at radius 2 is 1.68 bits per heavy atom. The summed E-state index contributed by atoms with van der Waals surface area (Å²) >= 11 is 1.56. The van der Waals surface area contributed by atoms with E-state index >= 15 is 0 Å². The Hall–Kier alpha value is -3.33. The molecule has 0 spiro atoms. The summed E-state index contributed by atoms with van der Waals surface area (Å²) in [5.41, 5.74) is 2.64. The van der Waals surface area contributed by atoms with Crippen molar-refractivity contribution in [1.82, 2.24) is 4.90 Å². The number of anilines is 1. The maximum Gasteiger partial charge on any atom is 0.332 e. The number of hydrogen-bond donors (Lipinski definition) is 0. The van der Waals surface area contributed by atoms with Crippen molar-refractivity contribution >= 4 is 29.3 Å². The van der Waals surface area contributed by atoms with Gasteiger partial charge in [-0.15, -0.1) is 11.8 Å². The molecule has 194 valence electrons. The SMILES string of the molecule is COc1ccc(C2Sc3ccccc3N(CCN(C)C)C(=O)C2OCC(=O)OCc2ccccc2)cc1. The lowest BCUT2D eigenvalue weighted by Crippen LogP contribution is -2.45. The lowest BCUT2D eigenvalue weighted by Gasteiger charge is -2.28. The minimum atomic E-state index is -0.891.